The summed E-state index contributed by atoms with van der Waals surface area (Å²) in [5, 5.41) is 0. The van der Waals surface area contributed by atoms with Crippen molar-refractivity contribution in [3.8, 4) is 0 Å². The van der Waals surface area contributed by atoms with Crippen molar-refractivity contribution in [2.45, 2.75) is 13.3 Å². The molecule has 0 amide bonds. The lowest BCUT2D eigenvalue weighted by molar-refractivity contribution is 0.939. The highest BCUT2D eigenvalue weighted by atomic mass is 32.1. The van der Waals surface area contributed by atoms with E-state index in [-0.39, 0.29) is 23.4 Å². The number of hydrogen-bond acceptors (Lipinski definition) is 2. The average Bonchev–Trinajstić information content (AvgIpc) is 1.90. The number of nitrogens with zero attached hydrogens (tertiary/aromatic N) is 2. The van der Waals surface area contributed by atoms with E-state index in [1.54, 1.807) is 12.4 Å². The zero-order valence-electron chi connectivity index (χ0n) is 6.04. The molecule has 0 aliphatic carbocycles. The van der Waals surface area contributed by atoms with Crippen molar-refractivity contribution in [2.24, 2.45) is 0 Å². The maximum Gasteiger partial charge on any atom is 0.127 e. The Labute approximate surface area is 71.5 Å². The van der Waals surface area contributed by atoms with Crippen molar-refractivity contribution in [3.05, 3.63) is 24.3 Å². The molecular weight excluding hydrogens is 163 g/mol. The molecule has 0 radical (unpaired) electrons. The van der Waals surface area contributed by atoms with Crippen LogP contribution in [-0.2, 0) is 6.42 Å². The normalized spacial score (nSPS) is 7.30. The molecular formula is C6H13N2PS. The monoisotopic (exact) mass is 176 g/mol. The number of rotatable bonds is 1. The van der Waals surface area contributed by atoms with Gasteiger partial charge in [0, 0.05) is 18.8 Å². The summed E-state index contributed by atoms with van der Waals surface area (Å²) in [6, 6.07) is 1.82. The van der Waals surface area contributed by atoms with Crippen molar-refractivity contribution in [3.63, 3.8) is 0 Å². The van der Waals surface area contributed by atoms with Crippen LogP contribution in [0.2, 0.25) is 0 Å². The molecule has 0 saturated heterocycles. The first-order valence-corrected chi connectivity index (χ1v) is 2.69. The highest BCUT2D eigenvalue weighted by Gasteiger charge is 1.83. The van der Waals surface area contributed by atoms with E-state index in [0.29, 0.717) is 0 Å². The fraction of sp³-hybridized carbons (Fsp3) is 0.333. The van der Waals surface area contributed by atoms with Crippen LogP contribution in [0.4, 0.5) is 0 Å². The smallest absolute Gasteiger partial charge is 0.127 e. The standard InChI is InChI=1S/C6H8N2.H3P.H2S/c1-2-6-7-4-3-5-8-6;;/h3-5H,2H2,1H3;1H3;1H2. The molecule has 0 aromatic carbocycles. The SMILES string of the molecule is CCc1ncccn1.P.S. The van der Waals surface area contributed by atoms with Crippen molar-refractivity contribution in [2.75, 3.05) is 0 Å². The molecule has 0 aliphatic heterocycles. The molecule has 58 valence electrons. The molecule has 2 nitrogen and oxygen atoms in total. The summed E-state index contributed by atoms with van der Waals surface area (Å²) in [4.78, 5) is 7.97. The Hall–Kier alpha value is -0.140. The van der Waals surface area contributed by atoms with Crippen LogP contribution in [0.25, 0.3) is 0 Å². The summed E-state index contributed by atoms with van der Waals surface area (Å²) in [6.07, 6.45) is 4.43. The van der Waals surface area contributed by atoms with Crippen molar-refractivity contribution in [1.82, 2.24) is 9.97 Å². The zero-order valence-corrected chi connectivity index (χ0v) is 8.45. The van der Waals surface area contributed by atoms with Crippen molar-refractivity contribution >= 4 is 23.4 Å². The molecule has 1 aromatic heterocycles. The fourth-order valence-electron chi connectivity index (χ4n) is 0.513. The lowest BCUT2D eigenvalue weighted by Gasteiger charge is -1.87. The second-order valence-electron chi connectivity index (χ2n) is 1.52. The maximum absolute atomic E-state index is 3.99. The van der Waals surface area contributed by atoms with Gasteiger partial charge in [0.15, 0.2) is 0 Å². The van der Waals surface area contributed by atoms with Crippen molar-refractivity contribution < 1.29 is 0 Å². The highest BCUT2D eigenvalue weighted by Crippen LogP contribution is 1.85. The molecule has 4 heteroatoms. The first kappa shape index (κ1) is 12.5. The summed E-state index contributed by atoms with van der Waals surface area (Å²) in [5.41, 5.74) is 0. The lowest BCUT2D eigenvalue weighted by Crippen LogP contribution is -1.87. The lowest BCUT2D eigenvalue weighted by atomic mass is 10.4. The van der Waals surface area contributed by atoms with Gasteiger partial charge < -0.3 is 0 Å². The van der Waals surface area contributed by atoms with Crippen molar-refractivity contribution in [1.29, 1.82) is 0 Å². The van der Waals surface area contributed by atoms with E-state index in [1.807, 2.05) is 13.0 Å². The average molecular weight is 176 g/mol. The van der Waals surface area contributed by atoms with E-state index < -0.39 is 0 Å². The summed E-state index contributed by atoms with van der Waals surface area (Å²) >= 11 is 0. The molecule has 0 saturated carbocycles. The molecule has 1 unspecified atom stereocenters. The molecule has 1 atom stereocenters. The predicted octanol–water partition coefficient (Wildman–Crippen LogP) is 1.21. The van der Waals surface area contributed by atoms with Gasteiger partial charge in [-0.2, -0.15) is 23.4 Å². The third-order valence-corrected chi connectivity index (χ3v) is 0.935. The molecule has 0 bridgehead atoms. The Kier molecular flexibility index (Phi) is 8.74. The zero-order chi connectivity index (χ0) is 5.82. The van der Waals surface area contributed by atoms with Gasteiger partial charge in [-0.05, 0) is 6.07 Å². The maximum atomic E-state index is 3.99. The minimum atomic E-state index is 0. The second kappa shape index (κ2) is 6.97. The quantitative estimate of drug-likeness (QED) is 0.601. The summed E-state index contributed by atoms with van der Waals surface area (Å²) < 4.78 is 0. The molecule has 0 N–H and O–H groups in total. The first-order valence-electron chi connectivity index (χ1n) is 2.69. The minimum Gasteiger partial charge on any atom is -0.241 e. The van der Waals surface area contributed by atoms with Gasteiger partial charge >= 0.3 is 0 Å². The van der Waals surface area contributed by atoms with E-state index in [0.717, 1.165) is 12.2 Å². The van der Waals surface area contributed by atoms with Crippen LogP contribution in [0.3, 0.4) is 0 Å². The van der Waals surface area contributed by atoms with Gasteiger partial charge in [-0.1, -0.05) is 6.92 Å². The van der Waals surface area contributed by atoms with Crippen LogP contribution in [0.5, 0.6) is 0 Å². The summed E-state index contributed by atoms with van der Waals surface area (Å²) in [5.74, 6) is 0.910. The molecule has 0 aliphatic rings. The largest absolute Gasteiger partial charge is 0.241 e. The Bertz CT molecular complexity index is 157. The van der Waals surface area contributed by atoms with Crippen LogP contribution in [0, 0.1) is 0 Å². The van der Waals surface area contributed by atoms with Gasteiger partial charge in [-0.3, -0.25) is 0 Å². The molecule has 1 heterocycles. The van der Waals surface area contributed by atoms with Gasteiger partial charge in [0.2, 0.25) is 0 Å². The minimum absolute atomic E-state index is 0. The van der Waals surface area contributed by atoms with Gasteiger partial charge in [0.25, 0.3) is 0 Å². The second-order valence-corrected chi connectivity index (χ2v) is 1.52. The predicted molar refractivity (Wildman–Crippen MR) is 52.9 cm³/mol. The van der Waals surface area contributed by atoms with Gasteiger partial charge in [-0.25, -0.2) is 9.97 Å². The number of aromatic nitrogens is 2. The Balaban J connectivity index is 0. The van der Waals surface area contributed by atoms with Gasteiger partial charge in [0.1, 0.15) is 5.82 Å². The molecule has 10 heavy (non-hydrogen) atoms. The molecule has 1 aromatic rings. The third kappa shape index (κ3) is 3.80. The van der Waals surface area contributed by atoms with E-state index in [1.165, 1.54) is 0 Å². The Morgan fingerprint density at radius 2 is 1.80 bits per heavy atom. The topological polar surface area (TPSA) is 25.8 Å². The highest BCUT2D eigenvalue weighted by molar-refractivity contribution is 7.59. The van der Waals surface area contributed by atoms with Crippen LogP contribution < -0.4 is 0 Å². The fourth-order valence-corrected chi connectivity index (χ4v) is 0.513. The van der Waals surface area contributed by atoms with E-state index in [2.05, 4.69) is 9.97 Å². The van der Waals surface area contributed by atoms with Crippen LogP contribution >= 0.6 is 23.4 Å². The molecule has 1 rings (SSSR count). The van der Waals surface area contributed by atoms with Crippen LogP contribution in [0.15, 0.2) is 18.5 Å². The Morgan fingerprint density at radius 3 is 2.10 bits per heavy atom. The van der Waals surface area contributed by atoms with Crippen LogP contribution in [-0.4, -0.2) is 9.97 Å². The molecule has 0 fully saturated rings. The third-order valence-electron chi connectivity index (χ3n) is 0.935. The summed E-state index contributed by atoms with van der Waals surface area (Å²) in [6.45, 7) is 2.04. The molecule has 0 spiro atoms. The van der Waals surface area contributed by atoms with Gasteiger partial charge in [-0.15, -0.1) is 0 Å². The van der Waals surface area contributed by atoms with E-state index in [9.17, 15) is 0 Å². The Morgan fingerprint density at radius 1 is 1.30 bits per heavy atom. The van der Waals surface area contributed by atoms with E-state index >= 15 is 0 Å². The summed E-state index contributed by atoms with van der Waals surface area (Å²) in [7, 11) is 0. The number of aryl methyl sites for hydroxylation is 1. The first-order chi connectivity index (χ1) is 3.93. The number of hydrogen-bond donors (Lipinski definition) is 0. The van der Waals surface area contributed by atoms with Crippen LogP contribution in [0.1, 0.15) is 12.7 Å². The van der Waals surface area contributed by atoms with Gasteiger partial charge in [0.05, 0.1) is 0 Å². The van der Waals surface area contributed by atoms with E-state index in [4.69, 9.17) is 0 Å².